The lowest BCUT2D eigenvalue weighted by molar-refractivity contribution is 0.103. The lowest BCUT2D eigenvalue weighted by Crippen LogP contribution is -2.20. The van der Waals surface area contributed by atoms with Gasteiger partial charge in [0.15, 0.2) is 4.77 Å². The van der Waals surface area contributed by atoms with Crippen LogP contribution in [0.1, 0.15) is 21.6 Å². The van der Waals surface area contributed by atoms with E-state index in [4.69, 9.17) is 12.2 Å². The van der Waals surface area contributed by atoms with Gasteiger partial charge in [0, 0.05) is 11.3 Å². The third-order valence-corrected chi connectivity index (χ3v) is 6.82. The molecule has 4 rings (SSSR count). The fourth-order valence-corrected chi connectivity index (χ4v) is 5.01. The van der Waals surface area contributed by atoms with Crippen molar-refractivity contribution in [3.05, 3.63) is 107 Å². The first-order valence-electron chi connectivity index (χ1n) is 9.47. The molecular formula is C23H19N3O3S2. The number of carbonyl (C=O) groups is 1. The van der Waals surface area contributed by atoms with E-state index in [1.165, 1.54) is 12.1 Å². The number of H-pyrrole nitrogens is 1. The van der Waals surface area contributed by atoms with E-state index in [0.29, 0.717) is 11.3 Å². The minimum atomic E-state index is -4.12. The van der Waals surface area contributed by atoms with Gasteiger partial charge in [0.25, 0.3) is 10.0 Å². The van der Waals surface area contributed by atoms with E-state index in [-0.39, 0.29) is 21.2 Å². The largest absolute Gasteiger partial charge is 0.340 e. The number of nitrogens with one attached hydrogen (secondary N) is 2. The molecule has 0 spiro atoms. The van der Waals surface area contributed by atoms with Crippen LogP contribution in [0.3, 0.4) is 0 Å². The average molecular weight is 450 g/mol. The number of aromatic amines is 1. The van der Waals surface area contributed by atoms with Crippen LogP contribution in [0.5, 0.6) is 0 Å². The molecule has 6 nitrogen and oxygen atoms in total. The van der Waals surface area contributed by atoms with Crippen LogP contribution < -0.4 is 5.32 Å². The predicted molar refractivity (Wildman–Crippen MR) is 123 cm³/mol. The Morgan fingerprint density at radius 2 is 1.48 bits per heavy atom. The number of aryl methyl sites for hydroxylation is 1. The van der Waals surface area contributed by atoms with E-state index in [1.807, 2.05) is 25.1 Å². The monoisotopic (exact) mass is 449 g/mol. The van der Waals surface area contributed by atoms with Crippen LogP contribution in [-0.4, -0.2) is 23.2 Å². The molecular weight excluding hydrogens is 430 g/mol. The number of hydrogen-bond acceptors (Lipinski definition) is 5. The quantitative estimate of drug-likeness (QED) is 0.317. The molecule has 0 atom stereocenters. The van der Waals surface area contributed by atoms with Gasteiger partial charge in [0.2, 0.25) is 5.78 Å². The van der Waals surface area contributed by atoms with Gasteiger partial charge >= 0.3 is 0 Å². The minimum absolute atomic E-state index is 0.0431. The van der Waals surface area contributed by atoms with Crippen molar-refractivity contribution in [1.82, 2.24) is 8.96 Å². The number of anilines is 2. The molecule has 0 saturated heterocycles. The van der Waals surface area contributed by atoms with Gasteiger partial charge in [-0.2, -0.15) is 0 Å². The number of benzene rings is 3. The van der Waals surface area contributed by atoms with Crippen LogP contribution >= 0.6 is 12.2 Å². The normalized spacial score (nSPS) is 11.3. The smallest absolute Gasteiger partial charge is 0.270 e. The second kappa shape index (κ2) is 8.33. The van der Waals surface area contributed by atoms with E-state index in [0.717, 1.165) is 9.54 Å². The first-order chi connectivity index (χ1) is 14.9. The van der Waals surface area contributed by atoms with Gasteiger partial charge in [-0.25, -0.2) is 12.4 Å². The molecule has 0 aliphatic carbocycles. The lowest BCUT2D eigenvalue weighted by Gasteiger charge is -2.12. The highest BCUT2D eigenvalue weighted by atomic mass is 32.2. The van der Waals surface area contributed by atoms with Crippen molar-refractivity contribution in [2.24, 2.45) is 0 Å². The Morgan fingerprint density at radius 1 is 0.903 bits per heavy atom. The van der Waals surface area contributed by atoms with E-state index in [2.05, 4.69) is 10.3 Å². The molecule has 0 amide bonds. The molecule has 1 heterocycles. The minimum Gasteiger partial charge on any atom is -0.340 e. The van der Waals surface area contributed by atoms with Gasteiger partial charge in [0.1, 0.15) is 11.5 Å². The van der Waals surface area contributed by atoms with E-state index in [9.17, 15) is 13.2 Å². The lowest BCUT2D eigenvalue weighted by atomic mass is 10.1. The van der Waals surface area contributed by atoms with Crippen LogP contribution in [0.2, 0.25) is 0 Å². The highest BCUT2D eigenvalue weighted by Crippen LogP contribution is 2.27. The molecule has 0 fully saturated rings. The Morgan fingerprint density at radius 3 is 2.10 bits per heavy atom. The first-order valence-corrected chi connectivity index (χ1v) is 11.3. The van der Waals surface area contributed by atoms with Gasteiger partial charge < -0.3 is 10.3 Å². The number of aromatic nitrogens is 2. The summed E-state index contributed by atoms with van der Waals surface area (Å²) in [6.07, 6.45) is 0. The maximum absolute atomic E-state index is 13.5. The third kappa shape index (κ3) is 4.08. The predicted octanol–water partition coefficient (Wildman–Crippen LogP) is 5.07. The van der Waals surface area contributed by atoms with Gasteiger partial charge in [-0.15, -0.1) is 0 Å². The molecule has 0 aliphatic rings. The number of nitrogens with zero attached hydrogens (tertiary/aromatic N) is 1. The number of hydrogen-bond donors (Lipinski definition) is 2. The number of ketones is 1. The first kappa shape index (κ1) is 20.8. The van der Waals surface area contributed by atoms with E-state index in [1.54, 1.807) is 54.6 Å². The molecule has 1 aromatic heterocycles. The number of para-hydroxylation sites is 1. The molecule has 8 heteroatoms. The topological polar surface area (TPSA) is 84.0 Å². The zero-order valence-corrected chi connectivity index (χ0v) is 18.2. The van der Waals surface area contributed by atoms with Crippen LogP contribution in [0, 0.1) is 11.7 Å². The molecule has 0 radical (unpaired) electrons. The summed E-state index contributed by atoms with van der Waals surface area (Å²) in [4.78, 5) is 16.3. The molecule has 31 heavy (non-hydrogen) atoms. The Labute approximate surface area is 185 Å². The second-order valence-electron chi connectivity index (χ2n) is 6.92. The molecule has 156 valence electrons. The number of rotatable bonds is 6. The maximum Gasteiger partial charge on any atom is 0.270 e. The van der Waals surface area contributed by atoms with Gasteiger partial charge in [-0.1, -0.05) is 66.2 Å². The van der Waals surface area contributed by atoms with Crippen molar-refractivity contribution >= 4 is 39.5 Å². The van der Waals surface area contributed by atoms with Gasteiger partial charge in [-0.05, 0) is 43.4 Å². The Bertz CT molecular complexity index is 1390. The van der Waals surface area contributed by atoms with Gasteiger partial charge in [0.05, 0.1) is 4.90 Å². The van der Waals surface area contributed by atoms with Crippen LogP contribution in [0.25, 0.3) is 0 Å². The fraction of sp³-hybridized carbons (Fsp3) is 0.0435. The summed E-state index contributed by atoms with van der Waals surface area (Å²) in [7, 11) is -4.12. The summed E-state index contributed by atoms with van der Waals surface area (Å²) in [6, 6.07) is 24.0. The van der Waals surface area contributed by atoms with Crippen molar-refractivity contribution in [3.8, 4) is 0 Å². The molecule has 0 saturated carbocycles. The average Bonchev–Trinajstić information content (AvgIpc) is 3.11. The Kier molecular flexibility index (Phi) is 5.58. The molecule has 0 bridgehead atoms. The van der Waals surface area contributed by atoms with Crippen LogP contribution in [-0.2, 0) is 10.0 Å². The van der Waals surface area contributed by atoms with E-state index >= 15 is 0 Å². The molecule has 3 aromatic carbocycles. The van der Waals surface area contributed by atoms with Crippen molar-refractivity contribution in [2.75, 3.05) is 5.32 Å². The molecule has 0 aliphatic heterocycles. The maximum atomic E-state index is 13.5. The molecule has 2 N–H and O–H groups in total. The van der Waals surface area contributed by atoms with Crippen molar-refractivity contribution in [1.29, 1.82) is 0 Å². The summed E-state index contributed by atoms with van der Waals surface area (Å²) in [5.41, 5.74) is 1.87. The number of carbonyl (C=O) groups excluding carboxylic acids is 1. The number of imidazole rings is 1. The standard InChI is InChI=1S/C23H19N3O3S2/c1-16-12-14-19(15-13-16)31(28,29)26-20(21(27)17-8-4-2-5-9-17)22(25-23(26)30)24-18-10-6-3-7-11-18/h2-15,24H,1H3,(H,25,30). The van der Waals surface area contributed by atoms with Crippen LogP contribution in [0.4, 0.5) is 11.5 Å². The molecule has 0 unspecified atom stereocenters. The summed E-state index contributed by atoms with van der Waals surface area (Å²) in [6.45, 7) is 1.87. The fourth-order valence-electron chi connectivity index (χ4n) is 3.15. The van der Waals surface area contributed by atoms with Crippen molar-refractivity contribution in [2.45, 2.75) is 11.8 Å². The Hall–Kier alpha value is -3.49. The third-order valence-electron chi connectivity index (χ3n) is 4.71. The SMILES string of the molecule is Cc1ccc(S(=O)(=O)n2c(C(=O)c3ccccc3)c(Nc3ccccc3)[nH]c2=S)cc1. The van der Waals surface area contributed by atoms with Crippen molar-refractivity contribution < 1.29 is 13.2 Å². The van der Waals surface area contributed by atoms with Gasteiger partial charge in [-0.3, -0.25) is 4.79 Å². The zero-order chi connectivity index (χ0) is 22.0. The zero-order valence-electron chi connectivity index (χ0n) is 16.6. The summed E-state index contributed by atoms with van der Waals surface area (Å²) in [5, 5.41) is 3.09. The summed E-state index contributed by atoms with van der Waals surface area (Å²) >= 11 is 5.36. The highest BCUT2D eigenvalue weighted by molar-refractivity contribution is 7.90. The highest BCUT2D eigenvalue weighted by Gasteiger charge is 2.29. The van der Waals surface area contributed by atoms with Crippen molar-refractivity contribution in [3.63, 3.8) is 0 Å². The second-order valence-corrected chi connectivity index (χ2v) is 9.10. The van der Waals surface area contributed by atoms with E-state index < -0.39 is 15.8 Å². The van der Waals surface area contributed by atoms with Crippen LogP contribution in [0.15, 0.2) is 89.8 Å². The summed E-state index contributed by atoms with van der Waals surface area (Å²) < 4.78 is 27.8. The summed E-state index contributed by atoms with van der Waals surface area (Å²) in [5.74, 6) is -0.261. The molecule has 4 aromatic rings. The Balaban J connectivity index is 1.93.